The number of carbonyl (C=O) groups excluding carboxylic acids is 1. The first-order valence-electron chi connectivity index (χ1n) is 5.17. The second kappa shape index (κ2) is 4.71. The van der Waals surface area contributed by atoms with Crippen molar-refractivity contribution in [3.63, 3.8) is 0 Å². The number of aromatic amines is 1. The van der Waals surface area contributed by atoms with Gasteiger partial charge in [0.15, 0.2) is 5.69 Å². The van der Waals surface area contributed by atoms with Crippen LogP contribution in [0, 0.1) is 13.8 Å². The smallest absolute Gasteiger partial charge is 0.276 e. The average Bonchev–Trinajstić information content (AvgIpc) is 2.63. The van der Waals surface area contributed by atoms with Gasteiger partial charge >= 0.3 is 0 Å². The number of aryl methyl sites for hydroxylation is 1. The molecule has 4 nitrogen and oxygen atoms in total. The van der Waals surface area contributed by atoms with Gasteiger partial charge in [-0.2, -0.15) is 5.10 Å². The summed E-state index contributed by atoms with van der Waals surface area (Å²) in [5.74, 6) is -0.209. The summed E-state index contributed by atoms with van der Waals surface area (Å²) >= 11 is 3.38. The zero-order chi connectivity index (χ0) is 12.4. The largest absolute Gasteiger partial charge is 0.320 e. The Kier molecular flexibility index (Phi) is 3.28. The lowest BCUT2D eigenvalue weighted by atomic mass is 10.2. The maximum Gasteiger partial charge on any atom is 0.276 e. The van der Waals surface area contributed by atoms with Crippen molar-refractivity contribution >= 4 is 27.5 Å². The molecule has 17 heavy (non-hydrogen) atoms. The highest BCUT2D eigenvalue weighted by Crippen LogP contribution is 2.22. The summed E-state index contributed by atoms with van der Waals surface area (Å²) in [5, 5.41) is 9.60. The van der Waals surface area contributed by atoms with Crippen molar-refractivity contribution in [1.82, 2.24) is 10.2 Å². The van der Waals surface area contributed by atoms with Crippen molar-refractivity contribution in [3.8, 4) is 0 Å². The van der Waals surface area contributed by atoms with Gasteiger partial charge in [-0.25, -0.2) is 0 Å². The molecule has 0 fully saturated rings. The maximum absolute atomic E-state index is 12.0. The third kappa shape index (κ3) is 2.39. The Morgan fingerprint density at radius 1 is 1.35 bits per heavy atom. The van der Waals surface area contributed by atoms with Gasteiger partial charge in [0.05, 0.1) is 5.69 Å². The summed E-state index contributed by atoms with van der Waals surface area (Å²) in [7, 11) is 0. The monoisotopic (exact) mass is 293 g/mol. The summed E-state index contributed by atoms with van der Waals surface area (Å²) in [6, 6.07) is 7.46. The third-order valence-electron chi connectivity index (χ3n) is 2.59. The van der Waals surface area contributed by atoms with E-state index in [1.807, 2.05) is 38.1 Å². The number of nitrogens with one attached hydrogen (secondary N) is 2. The number of nitrogens with zero attached hydrogens (tertiary/aromatic N) is 1. The van der Waals surface area contributed by atoms with Gasteiger partial charge in [0.25, 0.3) is 5.91 Å². The van der Waals surface area contributed by atoms with E-state index in [0.29, 0.717) is 5.69 Å². The van der Waals surface area contributed by atoms with Crippen LogP contribution < -0.4 is 5.32 Å². The minimum Gasteiger partial charge on any atom is -0.320 e. The first kappa shape index (κ1) is 11.9. The highest BCUT2D eigenvalue weighted by Gasteiger charge is 2.15. The molecule has 0 bridgehead atoms. The number of hydrogen-bond acceptors (Lipinski definition) is 2. The van der Waals surface area contributed by atoms with Crippen molar-refractivity contribution in [2.75, 3.05) is 5.32 Å². The molecular weight excluding hydrogens is 282 g/mol. The van der Waals surface area contributed by atoms with E-state index >= 15 is 0 Å². The minimum atomic E-state index is -0.209. The van der Waals surface area contributed by atoms with Crippen LogP contribution in [0.15, 0.2) is 28.7 Å². The zero-order valence-electron chi connectivity index (χ0n) is 9.54. The van der Waals surface area contributed by atoms with Gasteiger partial charge in [-0.05, 0) is 41.9 Å². The Hall–Kier alpha value is -1.62. The second-order valence-electron chi connectivity index (χ2n) is 3.76. The van der Waals surface area contributed by atoms with Crippen LogP contribution in [0.25, 0.3) is 0 Å². The van der Waals surface area contributed by atoms with Crippen molar-refractivity contribution < 1.29 is 4.79 Å². The number of anilines is 1. The van der Waals surface area contributed by atoms with Gasteiger partial charge in [-0.15, -0.1) is 0 Å². The summed E-state index contributed by atoms with van der Waals surface area (Å²) < 4.78 is 0.846. The molecule has 1 heterocycles. The molecule has 0 unspecified atom stereocenters. The molecule has 0 saturated heterocycles. The Bertz CT molecular complexity index is 563. The summed E-state index contributed by atoms with van der Waals surface area (Å²) in [5.41, 5.74) is 2.94. The molecule has 1 aromatic carbocycles. The number of halogens is 1. The van der Waals surface area contributed by atoms with Crippen LogP contribution in [0.3, 0.4) is 0 Å². The first-order chi connectivity index (χ1) is 8.09. The molecule has 0 aliphatic heterocycles. The molecule has 0 aliphatic carbocycles. The van der Waals surface area contributed by atoms with Crippen LogP contribution in [-0.2, 0) is 0 Å². The van der Waals surface area contributed by atoms with Crippen molar-refractivity contribution in [3.05, 3.63) is 45.7 Å². The molecule has 2 rings (SSSR count). The summed E-state index contributed by atoms with van der Waals surface area (Å²) in [6.07, 6.45) is 0. The Labute approximate surface area is 108 Å². The molecule has 0 aliphatic rings. The highest BCUT2D eigenvalue weighted by atomic mass is 79.9. The van der Waals surface area contributed by atoms with E-state index in [1.54, 1.807) is 0 Å². The zero-order valence-corrected chi connectivity index (χ0v) is 11.1. The number of para-hydroxylation sites is 1. The van der Waals surface area contributed by atoms with Gasteiger partial charge in [0.1, 0.15) is 0 Å². The van der Waals surface area contributed by atoms with E-state index in [2.05, 4.69) is 31.4 Å². The molecular formula is C12H12BrN3O. The number of amides is 1. The van der Waals surface area contributed by atoms with Gasteiger partial charge in [-0.3, -0.25) is 9.89 Å². The van der Waals surface area contributed by atoms with Gasteiger partial charge in [0, 0.05) is 15.7 Å². The topological polar surface area (TPSA) is 57.8 Å². The Balaban J connectivity index is 2.23. The van der Waals surface area contributed by atoms with E-state index in [0.717, 1.165) is 21.4 Å². The minimum absolute atomic E-state index is 0.209. The van der Waals surface area contributed by atoms with Crippen LogP contribution in [0.1, 0.15) is 21.7 Å². The molecule has 0 saturated carbocycles. The number of hydrogen-bond donors (Lipinski definition) is 2. The van der Waals surface area contributed by atoms with Crippen molar-refractivity contribution in [2.45, 2.75) is 13.8 Å². The van der Waals surface area contributed by atoms with Gasteiger partial charge in [-0.1, -0.05) is 12.1 Å². The summed E-state index contributed by atoms with van der Waals surface area (Å²) in [6.45, 7) is 3.76. The molecule has 1 aromatic heterocycles. The van der Waals surface area contributed by atoms with Gasteiger partial charge in [0.2, 0.25) is 0 Å². The van der Waals surface area contributed by atoms with Crippen LogP contribution in [0.4, 0.5) is 5.69 Å². The molecule has 0 radical (unpaired) electrons. The number of rotatable bonds is 2. The van der Waals surface area contributed by atoms with Crippen LogP contribution in [-0.4, -0.2) is 16.1 Å². The Morgan fingerprint density at radius 3 is 2.65 bits per heavy atom. The predicted molar refractivity (Wildman–Crippen MR) is 70.2 cm³/mol. The first-order valence-corrected chi connectivity index (χ1v) is 5.96. The number of H-pyrrole nitrogens is 1. The molecule has 5 heteroatoms. The number of carbonyl (C=O) groups is 1. The fourth-order valence-corrected chi connectivity index (χ4v) is 1.83. The van der Waals surface area contributed by atoms with E-state index in [4.69, 9.17) is 0 Å². The van der Waals surface area contributed by atoms with Crippen molar-refractivity contribution in [1.29, 1.82) is 0 Å². The molecule has 88 valence electrons. The molecule has 0 atom stereocenters. The Morgan fingerprint density at radius 2 is 2.06 bits per heavy atom. The molecule has 2 aromatic rings. The lowest BCUT2D eigenvalue weighted by Gasteiger charge is -2.05. The van der Waals surface area contributed by atoms with E-state index in [9.17, 15) is 4.79 Å². The predicted octanol–water partition coefficient (Wildman–Crippen LogP) is 3.04. The SMILES string of the molecule is Cc1[nH]nc(C(=O)Nc2ccccc2Br)c1C. The number of benzene rings is 1. The highest BCUT2D eigenvalue weighted by molar-refractivity contribution is 9.10. The fraction of sp³-hybridized carbons (Fsp3) is 0.167. The quantitative estimate of drug-likeness (QED) is 0.894. The van der Waals surface area contributed by atoms with E-state index in [1.165, 1.54) is 0 Å². The second-order valence-corrected chi connectivity index (χ2v) is 4.61. The maximum atomic E-state index is 12.0. The van der Waals surface area contributed by atoms with Crippen LogP contribution in [0.5, 0.6) is 0 Å². The van der Waals surface area contributed by atoms with E-state index in [-0.39, 0.29) is 5.91 Å². The standard InChI is InChI=1S/C12H12BrN3O/c1-7-8(2)15-16-11(7)12(17)14-10-6-4-3-5-9(10)13/h3-6H,1-2H3,(H,14,17)(H,15,16). The lowest BCUT2D eigenvalue weighted by Crippen LogP contribution is -2.14. The normalized spacial score (nSPS) is 10.3. The molecule has 2 N–H and O–H groups in total. The number of aromatic nitrogens is 2. The van der Waals surface area contributed by atoms with Gasteiger partial charge < -0.3 is 5.32 Å². The average molecular weight is 294 g/mol. The third-order valence-corrected chi connectivity index (χ3v) is 3.28. The lowest BCUT2D eigenvalue weighted by molar-refractivity contribution is 0.102. The van der Waals surface area contributed by atoms with Crippen molar-refractivity contribution in [2.24, 2.45) is 0 Å². The fourth-order valence-electron chi connectivity index (χ4n) is 1.45. The molecule has 0 spiro atoms. The summed E-state index contributed by atoms with van der Waals surface area (Å²) in [4.78, 5) is 12.0. The van der Waals surface area contributed by atoms with E-state index < -0.39 is 0 Å². The van der Waals surface area contributed by atoms with Crippen LogP contribution in [0.2, 0.25) is 0 Å². The molecule has 1 amide bonds. The van der Waals surface area contributed by atoms with Crippen LogP contribution >= 0.6 is 15.9 Å².